The van der Waals surface area contributed by atoms with Gasteiger partial charge in [0.05, 0.1) is 5.69 Å². The summed E-state index contributed by atoms with van der Waals surface area (Å²) in [6.45, 7) is 0. The van der Waals surface area contributed by atoms with Crippen LogP contribution in [0, 0.1) is 0 Å². The zero-order valence-electron chi connectivity index (χ0n) is 7.10. The molecule has 72 valence electrons. The summed E-state index contributed by atoms with van der Waals surface area (Å²) < 4.78 is 39.0. The molecule has 1 aromatic rings. The fraction of sp³-hybridized carbons (Fsp3) is 0.625. The Bertz CT molecular complexity index is 322. The quantitative estimate of drug-likeness (QED) is 0.662. The number of hydrogen-bond acceptors (Lipinski definition) is 1. The van der Waals surface area contributed by atoms with Gasteiger partial charge in [0.15, 0.2) is 0 Å². The van der Waals surface area contributed by atoms with E-state index in [-0.39, 0.29) is 18.5 Å². The van der Waals surface area contributed by atoms with Crippen molar-refractivity contribution in [2.75, 3.05) is 0 Å². The second-order valence-corrected chi connectivity index (χ2v) is 3.45. The van der Waals surface area contributed by atoms with E-state index in [9.17, 15) is 13.2 Å². The molecular formula is C8H9F3N2. The third-order valence-electron chi connectivity index (χ3n) is 2.50. The van der Waals surface area contributed by atoms with Crippen molar-refractivity contribution < 1.29 is 13.2 Å². The van der Waals surface area contributed by atoms with Crippen LogP contribution in [0.3, 0.4) is 0 Å². The van der Waals surface area contributed by atoms with Crippen molar-refractivity contribution >= 4 is 0 Å². The summed E-state index contributed by atoms with van der Waals surface area (Å²) in [5.41, 5.74) is -1.48. The van der Waals surface area contributed by atoms with Gasteiger partial charge >= 0.3 is 6.18 Å². The average Bonchev–Trinajstić information content (AvgIpc) is 2.70. The highest BCUT2D eigenvalue weighted by atomic mass is 19.4. The maximum atomic E-state index is 12.5. The van der Waals surface area contributed by atoms with Crippen molar-refractivity contribution in [3.05, 3.63) is 18.0 Å². The van der Waals surface area contributed by atoms with E-state index in [0.717, 1.165) is 0 Å². The van der Waals surface area contributed by atoms with Gasteiger partial charge in [-0.3, -0.25) is 4.68 Å². The summed E-state index contributed by atoms with van der Waals surface area (Å²) in [6.07, 6.45) is -2.26. The normalized spacial score (nSPS) is 20.3. The van der Waals surface area contributed by atoms with E-state index in [1.165, 1.54) is 10.7 Å². The van der Waals surface area contributed by atoms with Gasteiger partial charge in [-0.2, -0.15) is 18.3 Å². The van der Waals surface area contributed by atoms with Gasteiger partial charge in [0, 0.05) is 13.2 Å². The molecule has 0 atom stereocenters. The van der Waals surface area contributed by atoms with E-state index >= 15 is 0 Å². The second-order valence-electron chi connectivity index (χ2n) is 3.45. The smallest absolute Gasteiger partial charge is 0.276 e. The lowest BCUT2D eigenvalue weighted by molar-refractivity contribution is -0.161. The number of hydrogen-bond donors (Lipinski definition) is 0. The molecule has 0 radical (unpaired) electrons. The highest BCUT2D eigenvalue weighted by Gasteiger charge is 2.65. The fourth-order valence-electron chi connectivity index (χ4n) is 1.48. The number of aromatic nitrogens is 2. The van der Waals surface area contributed by atoms with Crippen LogP contribution in [-0.2, 0) is 12.5 Å². The second kappa shape index (κ2) is 2.27. The summed E-state index contributed by atoms with van der Waals surface area (Å²) in [5.74, 6) is 0. The number of halogens is 3. The average molecular weight is 190 g/mol. The molecule has 13 heavy (non-hydrogen) atoms. The SMILES string of the molecule is Cn1ccc(C2(C(F)(F)F)CC2)n1. The molecule has 0 aromatic carbocycles. The van der Waals surface area contributed by atoms with Gasteiger partial charge in [-0.05, 0) is 18.9 Å². The molecule has 0 unspecified atom stereocenters. The van der Waals surface area contributed by atoms with Crippen molar-refractivity contribution in [2.24, 2.45) is 7.05 Å². The van der Waals surface area contributed by atoms with Crippen LogP contribution in [-0.4, -0.2) is 16.0 Å². The first-order valence-corrected chi connectivity index (χ1v) is 4.03. The Kier molecular flexibility index (Phi) is 1.50. The molecule has 1 fully saturated rings. The number of rotatable bonds is 1. The molecule has 1 heterocycles. The van der Waals surface area contributed by atoms with Crippen molar-refractivity contribution in [3.8, 4) is 0 Å². The molecule has 1 aliphatic carbocycles. The maximum Gasteiger partial charge on any atom is 0.400 e. The van der Waals surface area contributed by atoms with Gasteiger partial charge in [0.2, 0.25) is 0 Å². The lowest BCUT2D eigenvalue weighted by atomic mass is 10.0. The minimum atomic E-state index is -4.15. The topological polar surface area (TPSA) is 17.8 Å². The van der Waals surface area contributed by atoms with Crippen LogP contribution in [0.5, 0.6) is 0 Å². The van der Waals surface area contributed by atoms with Crippen molar-refractivity contribution in [1.82, 2.24) is 9.78 Å². The predicted molar refractivity (Wildman–Crippen MR) is 40.2 cm³/mol. The standard InChI is InChI=1S/C8H9F3N2/c1-13-5-2-6(12-13)7(3-4-7)8(9,10)11/h2,5H,3-4H2,1H3. The zero-order chi connectivity index (χ0) is 9.69. The van der Waals surface area contributed by atoms with Crippen LogP contribution in [0.25, 0.3) is 0 Å². The molecule has 0 spiro atoms. The minimum Gasteiger partial charge on any atom is -0.276 e. The van der Waals surface area contributed by atoms with Crippen LogP contribution in [0.15, 0.2) is 12.3 Å². The fourth-order valence-corrected chi connectivity index (χ4v) is 1.48. The molecule has 2 nitrogen and oxygen atoms in total. The van der Waals surface area contributed by atoms with Crippen LogP contribution in [0.2, 0.25) is 0 Å². The molecule has 0 aliphatic heterocycles. The molecule has 0 bridgehead atoms. The molecule has 1 aromatic heterocycles. The third kappa shape index (κ3) is 1.14. The summed E-state index contributed by atoms with van der Waals surface area (Å²) in [6, 6.07) is 1.44. The Morgan fingerprint density at radius 3 is 2.38 bits per heavy atom. The van der Waals surface area contributed by atoms with E-state index in [0.29, 0.717) is 0 Å². The molecule has 0 N–H and O–H groups in total. The van der Waals surface area contributed by atoms with Gasteiger partial charge in [-0.1, -0.05) is 0 Å². The van der Waals surface area contributed by atoms with Crippen molar-refractivity contribution in [3.63, 3.8) is 0 Å². The minimum absolute atomic E-state index is 0.155. The van der Waals surface area contributed by atoms with E-state index in [1.807, 2.05) is 0 Å². The molecule has 0 amide bonds. The maximum absolute atomic E-state index is 12.5. The molecule has 1 aliphatic rings. The first-order valence-electron chi connectivity index (χ1n) is 4.03. The first-order chi connectivity index (χ1) is 5.96. The summed E-state index contributed by atoms with van der Waals surface area (Å²) in [4.78, 5) is 0. The molecule has 1 saturated carbocycles. The molecular weight excluding hydrogens is 181 g/mol. The lowest BCUT2D eigenvalue weighted by Crippen LogP contribution is -2.29. The Balaban J connectivity index is 2.36. The van der Waals surface area contributed by atoms with Gasteiger partial charge in [0.25, 0.3) is 0 Å². The predicted octanol–water partition coefficient (Wildman–Crippen LogP) is 2.01. The van der Waals surface area contributed by atoms with Crippen molar-refractivity contribution in [1.29, 1.82) is 0 Å². The van der Waals surface area contributed by atoms with E-state index in [4.69, 9.17) is 0 Å². The van der Waals surface area contributed by atoms with E-state index < -0.39 is 11.6 Å². The summed E-state index contributed by atoms with van der Waals surface area (Å²) in [5, 5.41) is 3.81. The number of nitrogens with zero attached hydrogens (tertiary/aromatic N) is 2. The number of aryl methyl sites for hydroxylation is 1. The Morgan fingerprint density at radius 1 is 1.46 bits per heavy atom. The molecule has 0 saturated heterocycles. The number of alkyl halides is 3. The van der Waals surface area contributed by atoms with Gasteiger partial charge < -0.3 is 0 Å². The monoisotopic (exact) mass is 190 g/mol. The largest absolute Gasteiger partial charge is 0.400 e. The van der Waals surface area contributed by atoms with Crippen LogP contribution in [0.1, 0.15) is 18.5 Å². The third-order valence-corrected chi connectivity index (χ3v) is 2.50. The Morgan fingerprint density at radius 2 is 2.08 bits per heavy atom. The van der Waals surface area contributed by atoms with Crippen LogP contribution in [0.4, 0.5) is 13.2 Å². The van der Waals surface area contributed by atoms with Crippen molar-refractivity contribution in [2.45, 2.75) is 24.4 Å². The summed E-state index contributed by atoms with van der Waals surface area (Å²) >= 11 is 0. The van der Waals surface area contributed by atoms with Crippen LogP contribution >= 0.6 is 0 Å². The Hall–Kier alpha value is -1.00. The zero-order valence-corrected chi connectivity index (χ0v) is 7.10. The molecule has 5 heteroatoms. The van der Waals surface area contributed by atoms with Crippen LogP contribution < -0.4 is 0 Å². The van der Waals surface area contributed by atoms with E-state index in [1.54, 1.807) is 13.2 Å². The van der Waals surface area contributed by atoms with Gasteiger partial charge in [-0.15, -0.1) is 0 Å². The lowest BCUT2D eigenvalue weighted by Gasteiger charge is -2.16. The first kappa shape index (κ1) is 8.59. The van der Waals surface area contributed by atoms with E-state index in [2.05, 4.69) is 5.10 Å². The highest BCUT2D eigenvalue weighted by Crippen LogP contribution is 2.58. The van der Waals surface area contributed by atoms with Gasteiger partial charge in [-0.25, -0.2) is 0 Å². The summed E-state index contributed by atoms with van der Waals surface area (Å²) in [7, 11) is 1.62. The molecule has 2 rings (SSSR count). The highest BCUT2D eigenvalue weighted by molar-refractivity contribution is 5.26. The Labute approximate surface area is 73.4 Å². The van der Waals surface area contributed by atoms with Gasteiger partial charge in [0.1, 0.15) is 5.41 Å².